The van der Waals surface area contributed by atoms with Crippen LogP contribution in [0.3, 0.4) is 0 Å². The van der Waals surface area contributed by atoms with Crippen LogP contribution in [0.5, 0.6) is 11.5 Å². The number of carbonyl (C=O) groups is 1. The third-order valence-electron chi connectivity index (χ3n) is 6.45. The third-order valence-corrected chi connectivity index (χ3v) is 6.68. The lowest BCUT2D eigenvalue weighted by molar-refractivity contribution is -0.158. The summed E-state index contributed by atoms with van der Waals surface area (Å²) in [5.41, 5.74) is 2.62. The molecule has 3 aliphatic heterocycles. The van der Waals surface area contributed by atoms with Gasteiger partial charge in [-0.15, -0.1) is 0 Å². The molecule has 3 heterocycles. The smallest absolute Gasteiger partial charge is 0.219 e. The van der Waals surface area contributed by atoms with Gasteiger partial charge in [-0.25, -0.2) is 5.01 Å². The number of hydrogen-bond acceptors (Lipinski definition) is 5. The van der Waals surface area contributed by atoms with Crippen molar-refractivity contribution in [3.05, 3.63) is 58.6 Å². The van der Waals surface area contributed by atoms with E-state index < -0.39 is 5.72 Å². The maximum Gasteiger partial charge on any atom is 0.219 e. The van der Waals surface area contributed by atoms with E-state index in [0.29, 0.717) is 37.6 Å². The topological polar surface area (TPSA) is 54.4 Å². The molecule has 0 aromatic heterocycles. The number of amides is 1. The first-order chi connectivity index (χ1) is 15.0. The van der Waals surface area contributed by atoms with E-state index in [0.717, 1.165) is 34.8 Å². The molecule has 1 amide bonds. The van der Waals surface area contributed by atoms with Crippen molar-refractivity contribution in [2.75, 3.05) is 19.7 Å². The van der Waals surface area contributed by atoms with Gasteiger partial charge in [-0.1, -0.05) is 11.6 Å². The number of hydrogen-bond donors (Lipinski definition) is 0. The Morgan fingerprint density at radius 3 is 2.65 bits per heavy atom. The molecule has 0 bridgehead atoms. The van der Waals surface area contributed by atoms with Crippen LogP contribution in [-0.4, -0.2) is 46.9 Å². The van der Waals surface area contributed by atoms with Gasteiger partial charge >= 0.3 is 0 Å². The highest BCUT2D eigenvalue weighted by Gasteiger charge is 2.52. The standard InChI is InChI=1S/C24H26ClN3O3/c1-3-30-19-7-4-17(5-8-19)21-15-22-20-14-18(25)6-9-23(20)31-24(28(22)26-21)10-12-27(13-11-24)16(2)29/h4-9,14,22H,3,10-13,15H2,1-2H3. The van der Waals surface area contributed by atoms with Crippen LogP contribution in [0.1, 0.15) is 50.3 Å². The van der Waals surface area contributed by atoms with E-state index in [1.807, 2.05) is 42.2 Å². The van der Waals surface area contributed by atoms with Gasteiger partial charge in [0.25, 0.3) is 0 Å². The molecule has 1 atom stereocenters. The lowest BCUT2D eigenvalue weighted by Gasteiger charge is -2.51. The van der Waals surface area contributed by atoms with E-state index in [-0.39, 0.29) is 11.9 Å². The van der Waals surface area contributed by atoms with Gasteiger partial charge in [0.1, 0.15) is 11.5 Å². The lowest BCUT2D eigenvalue weighted by Crippen LogP contribution is -2.59. The minimum absolute atomic E-state index is 0.0629. The molecule has 2 aromatic carbocycles. The Balaban J connectivity index is 1.50. The summed E-state index contributed by atoms with van der Waals surface area (Å²) < 4.78 is 12.2. The summed E-state index contributed by atoms with van der Waals surface area (Å²) in [4.78, 5) is 13.7. The highest BCUT2D eigenvalue weighted by atomic mass is 35.5. The summed E-state index contributed by atoms with van der Waals surface area (Å²) in [5.74, 6) is 1.83. The third kappa shape index (κ3) is 3.53. The fourth-order valence-corrected chi connectivity index (χ4v) is 5.02. The molecule has 31 heavy (non-hydrogen) atoms. The SMILES string of the molecule is CCOc1ccc(C2=NN3C(C2)c2cc(Cl)ccc2OC32CCN(C(C)=O)CC2)cc1. The predicted octanol–water partition coefficient (Wildman–Crippen LogP) is 4.62. The van der Waals surface area contributed by atoms with Crippen LogP contribution in [0.15, 0.2) is 47.6 Å². The molecule has 3 aliphatic rings. The number of rotatable bonds is 3. The summed E-state index contributed by atoms with van der Waals surface area (Å²) in [6.45, 7) is 5.57. The Kier molecular flexibility index (Phi) is 5.05. The second-order valence-corrected chi connectivity index (χ2v) is 8.74. The molecule has 1 unspecified atom stereocenters. The molecule has 162 valence electrons. The van der Waals surface area contributed by atoms with Crippen molar-refractivity contribution < 1.29 is 14.3 Å². The van der Waals surface area contributed by atoms with Gasteiger partial charge in [-0.05, 0) is 55.0 Å². The average Bonchev–Trinajstić information content (AvgIpc) is 3.23. The second kappa shape index (κ2) is 7.75. The van der Waals surface area contributed by atoms with E-state index in [1.165, 1.54) is 0 Å². The van der Waals surface area contributed by atoms with Crippen molar-refractivity contribution in [3.8, 4) is 11.5 Å². The largest absolute Gasteiger partial charge is 0.494 e. The Hall–Kier alpha value is -2.73. The van der Waals surface area contributed by atoms with E-state index in [1.54, 1.807) is 6.92 Å². The summed E-state index contributed by atoms with van der Waals surface area (Å²) >= 11 is 6.33. The zero-order chi connectivity index (χ0) is 21.6. The van der Waals surface area contributed by atoms with Crippen molar-refractivity contribution in [2.45, 2.75) is 44.9 Å². The fraction of sp³-hybridized carbons (Fsp3) is 0.417. The Morgan fingerprint density at radius 1 is 1.23 bits per heavy atom. The van der Waals surface area contributed by atoms with Gasteiger partial charge in [-0.3, -0.25) is 4.79 Å². The molecule has 0 saturated carbocycles. The first-order valence-electron chi connectivity index (χ1n) is 10.8. The van der Waals surface area contributed by atoms with Crippen LogP contribution in [0, 0.1) is 0 Å². The molecule has 0 aliphatic carbocycles. The Bertz CT molecular complexity index is 1030. The Morgan fingerprint density at radius 2 is 1.97 bits per heavy atom. The first-order valence-corrected chi connectivity index (χ1v) is 11.2. The predicted molar refractivity (Wildman–Crippen MR) is 120 cm³/mol. The zero-order valence-electron chi connectivity index (χ0n) is 17.8. The average molecular weight is 440 g/mol. The van der Waals surface area contributed by atoms with Crippen LogP contribution in [-0.2, 0) is 4.79 Å². The van der Waals surface area contributed by atoms with Crippen LogP contribution in [0.4, 0.5) is 0 Å². The fourth-order valence-electron chi connectivity index (χ4n) is 4.84. The minimum atomic E-state index is -0.551. The molecule has 1 spiro atoms. The Labute approximate surface area is 187 Å². The molecule has 0 N–H and O–H groups in total. The van der Waals surface area contributed by atoms with Gasteiger partial charge in [0.05, 0.1) is 18.4 Å². The zero-order valence-corrected chi connectivity index (χ0v) is 18.6. The number of benzene rings is 2. The number of piperidine rings is 1. The van der Waals surface area contributed by atoms with Crippen molar-refractivity contribution >= 4 is 23.2 Å². The quantitative estimate of drug-likeness (QED) is 0.700. The van der Waals surface area contributed by atoms with Gasteiger partial charge in [-0.2, -0.15) is 5.10 Å². The van der Waals surface area contributed by atoms with Crippen molar-refractivity contribution in [1.29, 1.82) is 0 Å². The van der Waals surface area contributed by atoms with E-state index in [2.05, 4.69) is 17.1 Å². The molecule has 0 radical (unpaired) electrons. The van der Waals surface area contributed by atoms with E-state index in [4.69, 9.17) is 26.2 Å². The number of ether oxygens (including phenoxy) is 2. The van der Waals surface area contributed by atoms with Crippen molar-refractivity contribution in [3.63, 3.8) is 0 Å². The summed E-state index contributed by atoms with van der Waals surface area (Å²) in [7, 11) is 0. The summed E-state index contributed by atoms with van der Waals surface area (Å²) in [6.07, 6.45) is 2.21. The maximum atomic E-state index is 11.9. The van der Waals surface area contributed by atoms with Crippen LogP contribution in [0.25, 0.3) is 0 Å². The number of halogens is 1. The molecular formula is C24H26ClN3O3. The molecule has 6 nitrogen and oxygen atoms in total. The van der Waals surface area contributed by atoms with Gasteiger partial charge in [0.15, 0.2) is 0 Å². The molecule has 5 rings (SSSR count). The minimum Gasteiger partial charge on any atom is -0.494 e. The van der Waals surface area contributed by atoms with Crippen molar-refractivity contribution in [2.24, 2.45) is 5.10 Å². The monoisotopic (exact) mass is 439 g/mol. The number of fused-ring (bicyclic) bond motifs is 4. The normalized spacial score (nSPS) is 21.3. The number of carbonyl (C=O) groups excluding carboxylic acids is 1. The molecule has 1 fully saturated rings. The molecular weight excluding hydrogens is 414 g/mol. The van der Waals surface area contributed by atoms with Crippen LogP contribution >= 0.6 is 11.6 Å². The first kappa shape index (κ1) is 20.2. The number of nitrogens with zero attached hydrogens (tertiary/aromatic N) is 3. The second-order valence-electron chi connectivity index (χ2n) is 8.31. The maximum absolute atomic E-state index is 11.9. The van der Waals surface area contributed by atoms with Gasteiger partial charge in [0.2, 0.25) is 11.6 Å². The lowest BCUT2D eigenvalue weighted by atomic mass is 9.90. The van der Waals surface area contributed by atoms with Crippen LogP contribution < -0.4 is 9.47 Å². The van der Waals surface area contributed by atoms with Crippen molar-refractivity contribution in [1.82, 2.24) is 9.91 Å². The number of likely N-dealkylation sites (tertiary alicyclic amines) is 1. The molecule has 7 heteroatoms. The highest BCUT2D eigenvalue weighted by molar-refractivity contribution is 6.30. The van der Waals surface area contributed by atoms with Crippen LogP contribution in [0.2, 0.25) is 5.02 Å². The van der Waals surface area contributed by atoms with Gasteiger partial charge < -0.3 is 14.4 Å². The highest BCUT2D eigenvalue weighted by Crippen LogP contribution is 2.50. The number of hydrazone groups is 1. The summed E-state index contributed by atoms with van der Waals surface area (Å²) in [6, 6.07) is 14.0. The van der Waals surface area contributed by atoms with E-state index in [9.17, 15) is 4.79 Å². The summed E-state index contributed by atoms with van der Waals surface area (Å²) in [5, 5.41) is 7.90. The molecule has 1 saturated heterocycles. The van der Waals surface area contributed by atoms with Gasteiger partial charge in [0, 0.05) is 49.9 Å². The van der Waals surface area contributed by atoms with E-state index >= 15 is 0 Å². The molecule has 2 aromatic rings.